The topological polar surface area (TPSA) is 3.24 Å². The molecule has 0 aromatic heterocycles. The lowest BCUT2D eigenvalue weighted by atomic mass is 9.98. The summed E-state index contributed by atoms with van der Waals surface area (Å²) in [6, 6.07) is 13.4. The Labute approximate surface area is 192 Å². The van der Waals surface area contributed by atoms with Crippen molar-refractivity contribution in [2.24, 2.45) is 0 Å². The molecule has 2 aromatic carbocycles. The minimum atomic E-state index is 0.728. The van der Waals surface area contributed by atoms with Crippen LogP contribution in [0.15, 0.2) is 54.1 Å². The van der Waals surface area contributed by atoms with Gasteiger partial charge in [0.2, 0.25) is 0 Å². The standard InChI is InChI=1S/C24H31NS.2C2H6/c1-7-19-12-11-17(5)23(15-19)24(10-4)25(18(6)26)22-14-13-20(8-2)21(9-3)16-22;2*1-2/h10-16,26H,6-9H2,1-5H3;2*1-2H3/b24-10-;;. The summed E-state index contributed by atoms with van der Waals surface area (Å²) in [5, 5.41) is 0.728. The molecule has 30 heavy (non-hydrogen) atoms. The minimum Gasteiger partial charge on any atom is -0.305 e. The maximum absolute atomic E-state index is 4.63. The monoisotopic (exact) mass is 425 g/mol. The molecule has 0 fully saturated rings. The molecule has 2 heteroatoms. The van der Waals surface area contributed by atoms with E-state index in [4.69, 9.17) is 0 Å². The van der Waals surface area contributed by atoms with Crippen molar-refractivity contribution in [3.63, 3.8) is 0 Å². The molecule has 0 saturated heterocycles. The molecule has 0 bridgehead atoms. The molecule has 0 aliphatic rings. The zero-order valence-corrected chi connectivity index (χ0v) is 21.7. The SMILES string of the molecule is C=C(S)N(/C(=C\C)c1cc(CC)ccc1C)c1ccc(CC)c(CC)c1.CC.CC. The molecule has 0 aliphatic carbocycles. The summed E-state index contributed by atoms with van der Waals surface area (Å²) < 4.78 is 0. The first kappa shape index (κ1) is 28.1. The molecule has 2 rings (SSSR count). The van der Waals surface area contributed by atoms with Crippen molar-refractivity contribution in [1.82, 2.24) is 0 Å². The highest BCUT2D eigenvalue weighted by molar-refractivity contribution is 7.84. The Bertz CT molecular complexity index is 817. The summed E-state index contributed by atoms with van der Waals surface area (Å²) >= 11 is 4.63. The number of aryl methyl sites for hydroxylation is 4. The molecule has 0 spiro atoms. The highest BCUT2D eigenvalue weighted by atomic mass is 32.1. The van der Waals surface area contributed by atoms with Gasteiger partial charge in [-0.05, 0) is 73.6 Å². The quantitative estimate of drug-likeness (QED) is 0.433. The number of allylic oxidation sites excluding steroid dienone is 1. The zero-order valence-electron chi connectivity index (χ0n) is 20.8. The second kappa shape index (κ2) is 15.0. The Morgan fingerprint density at radius 2 is 1.50 bits per heavy atom. The third kappa shape index (κ3) is 7.09. The summed E-state index contributed by atoms with van der Waals surface area (Å²) in [4.78, 5) is 2.16. The van der Waals surface area contributed by atoms with Gasteiger partial charge in [-0.1, -0.05) is 79.3 Å². The van der Waals surface area contributed by atoms with E-state index < -0.39 is 0 Å². The first-order valence-corrected chi connectivity index (χ1v) is 12.0. The average molecular weight is 426 g/mol. The van der Waals surface area contributed by atoms with E-state index in [1.54, 1.807) is 0 Å². The van der Waals surface area contributed by atoms with Crippen molar-refractivity contribution in [1.29, 1.82) is 0 Å². The van der Waals surface area contributed by atoms with Gasteiger partial charge in [-0.15, -0.1) is 12.6 Å². The molecule has 0 radical (unpaired) electrons. The predicted molar refractivity (Wildman–Crippen MR) is 143 cm³/mol. The Morgan fingerprint density at radius 3 is 1.97 bits per heavy atom. The van der Waals surface area contributed by atoms with Crippen molar-refractivity contribution in [3.05, 3.63) is 81.9 Å². The number of anilines is 1. The second-order valence-electron chi connectivity index (χ2n) is 6.59. The largest absolute Gasteiger partial charge is 0.305 e. The molecule has 0 N–H and O–H groups in total. The Morgan fingerprint density at radius 1 is 0.900 bits per heavy atom. The fourth-order valence-corrected chi connectivity index (χ4v) is 3.65. The Hall–Kier alpha value is -1.93. The fraction of sp³-hybridized carbons (Fsp3) is 0.429. The first-order valence-electron chi connectivity index (χ1n) is 11.5. The van der Waals surface area contributed by atoms with Crippen LogP contribution in [0.4, 0.5) is 5.69 Å². The maximum Gasteiger partial charge on any atom is 0.0694 e. The van der Waals surface area contributed by atoms with Gasteiger partial charge in [-0.3, -0.25) is 0 Å². The highest BCUT2D eigenvalue weighted by Crippen LogP contribution is 2.34. The lowest BCUT2D eigenvalue weighted by Crippen LogP contribution is -2.19. The molecule has 0 aliphatic heterocycles. The van der Waals surface area contributed by atoms with E-state index in [9.17, 15) is 0 Å². The molecule has 0 saturated carbocycles. The normalized spacial score (nSPS) is 10.4. The molecular weight excluding hydrogens is 382 g/mol. The van der Waals surface area contributed by atoms with Crippen LogP contribution in [0.3, 0.4) is 0 Å². The van der Waals surface area contributed by atoms with Crippen LogP contribution in [0.5, 0.6) is 0 Å². The van der Waals surface area contributed by atoms with Gasteiger partial charge < -0.3 is 4.90 Å². The summed E-state index contributed by atoms with van der Waals surface area (Å²) in [5.74, 6) is 0. The number of thiol groups is 1. The van der Waals surface area contributed by atoms with Crippen molar-refractivity contribution >= 4 is 24.0 Å². The van der Waals surface area contributed by atoms with Gasteiger partial charge in [0.05, 0.1) is 5.03 Å². The van der Waals surface area contributed by atoms with E-state index in [1.807, 2.05) is 27.7 Å². The molecule has 0 amide bonds. The summed E-state index contributed by atoms with van der Waals surface area (Å²) in [7, 11) is 0. The number of nitrogens with zero attached hydrogens (tertiary/aromatic N) is 1. The molecule has 2 aromatic rings. The summed E-state index contributed by atoms with van der Waals surface area (Å²) in [6.45, 7) is 23.0. The molecule has 0 atom stereocenters. The molecule has 166 valence electrons. The first-order chi connectivity index (χ1) is 14.5. The van der Waals surface area contributed by atoms with Crippen molar-refractivity contribution in [2.45, 2.75) is 81.6 Å². The van der Waals surface area contributed by atoms with Crippen LogP contribution in [0, 0.1) is 6.92 Å². The van der Waals surface area contributed by atoms with Gasteiger partial charge in [-0.2, -0.15) is 0 Å². The number of hydrogen-bond donors (Lipinski definition) is 1. The number of rotatable bonds is 7. The Kier molecular flexibility index (Phi) is 14.0. The van der Waals surface area contributed by atoms with E-state index in [2.05, 4.69) is 101 Å². The maximum atomic E-state index is 4.63. The van der Waals surface area contributed by atoms with Crippen LogP contribution < -0.4 is 4.90 Å². The lowest BCUT2D eigenvalue weighted by Gasteiger charge is -2.29. The zero-order chi connectivity index (χ0) is 23.3. The van der Waals surface area contributed by atoms with E-state index in [0.717, 1.165) is 35.7 Å². The summed E-state index contributed by atoms with van der Waals surface area (Å²) in [6.07, 6.45) is 5.26. The van der Waals surface area contributed by atoms with E-state index in [-0.39, 0.29) is 0 Å². The van der Waals surface area contributed by atoms with Gasteiger partial charge in [0.25, 0.3) is 0 Å². The predicted octanol–water partition coefficient (Wildman–Crippen LogP) is 9.00. The van der Waals surface area contributed by atoms with Crippen molar-refractivity contribution in [2.75, 3.05) is 4.90 Å². The highest BCUT2D eigenvalue weighted by Gasteiger charge is 2.18. The molecule has 0 unspecified atom stereocenters. The van der Waals surface area contributed by atoms with Crippen LogP contribution in [-0.4, -0.2) is 0 Å². The molecule has 1 nitrogen and oxygen atoms in total. The van der Waals surface area contributed by atoms with Gasteiger partial charge in [0, 0.05) is 16.9 Å². The van der Waals surface area contributed by atoms with Gasteiger partial charge in [0.1, 0.15) is 0 Å². The van der Waals surface area contributed by atoms with E-state index in [1.165, 1.54) is 27.8 Å². The minimum absolute atomic E-state index is 0.728. The number of hydrogen-bond acceptors (Lipinski definition) is 2. The molecular formula is C28H43NS. The van der Waals surface area contributed by atoms with Crippen LogP contribution in [-0.2, 0) is 19.3 Å². The van der Waals surface area contributed by atoms with Gasteiger partial charge in [0.15, 0.2) is 0 Å². The van der Waals surface area contributed by atoms with E-state index in [0.29, 0.717) is 0 Å². The summed E-state index contributed by atoms with van der Waals surface area (Å²) in [5.41, 5.74) is 8.88. The lowest BCUT2D eigenvalue weighted by molar-refractivity contribution is 1.03. The molecule has 0 heterocycles. The Balaban J connectivity index is 0.00000198. The second-order valence-corrected chi connectivity index (χ2v) is 7.10. The van der Waals surface area contributed by atoms with Crippen LogP contribution in [0.25, 0.3) is 5.70 Å². The van der Waals surface area contributed by atoms with E-state index >= 15 is 0 Å². The van der Waals surface area contributed by atoms with Crippen molar-refractivity contribution in [3.8, 4) is 0 Å². The van der Waals surface area contributed by atoms with Crippen LogP contribution in [0.2, 0.25) is 0 Å². The fourth-order valence-electron chi connectivity index (χ4n) is 3.42. The van der Waals surface area contributed by atoms with Crippen LogP contribution in [0.1, 0.15) is 83.2 Å². The average Bonchev–Trinajstić information content (AvgIpc) is 2.80. The number of benzene rings is 2. The van der Waals surface area contributed by atoms with Crippen molar-refractivity contribution < 1.29 is 0 Å². The van der Waals surface area contributed by atoms with Gasteiger partial charge >= 0.3 is 0 Å². The smallest absolute Gasteiger partial charge is 0.0694 e. The van der Waals surface area contributed by atoms with Crippen LogP contribution >= 0.6 is 12.6 Å². The third-order valence-corrected chi connectivity index (χ3v) is 5.17. The van der Waals surface area contributed by atoms with Gasteiger partial charge in [-0.25, -0.2) is 0 Å². The third-order valence-electron chi connectivity index (χ3n) is 4.97.